The van der Waals surface area contributed by atoms with Crippen LogP contribution in [0.25, 0.3) is 0 Å². The molecule has 1 aromatic rings. The van der Waals surface area contributed by atoms with Gasteiger partial charge < -0.3 is 4.74 Å². The van der Waals surface area contributed by atoms with Gasteiger partial charge in [0, 0.05) is 11.9 Å². The number of nitrogens with zero attached hydrogens (tertiary/aromatic N) is 1. The summed E-state index contributed by atoms with van der Waals surface area (Å²) in [6.45, 7) is 7.58. The summed E-state index contributed by atoms with van der Waals surface area (Å²) in [5.74, 6) is 0.928. The van der Waals surface area contributed by atoms with Gasteiger partial charge in [-0.3, -0.25) is 4.90 Å². The number of methoxy groups -OCH3 is 1. The number of alkyl halides is 1. The van der Waals surface area contributed by atoms with Gasteiger partial charge in [-0.2, -0.15) is 0 Å². The van der Waals surface area contributed by atoms with Crippen molar-refractivity contribution in [3.63, 3.8) is 0 Å². The standard InChI is InChI=1S/C13H20BrNO/c1-4-15(5-2)10-11-6-7-13(16-3)8-12(11)9-14/h6-8H,4-5,9-10H2,1-3H3. The summed E-state index contributed by atoms with van der Waals surface area (Å²) in [4.78, 5) is 2.41. The number of hydrogen-bond donors (Lipinski definition) is 0. The zero-order valence-electron chi connectivity index (χ0n) is 10.3. The van der Waals surface area contributed by atoms with E-state index in [0.717, 1.165) is 30.7 Å². The van der Waals surface area contributed by atoms with E-state index in [1.165, 1.54) is 11.1 Å². The van der Waals surface area contributed by atoms with E-state index in [2.05, 4.69) is 46.8 Å². The molecule has 0 radical (unpaired) electrons. The van der Waals surface area contributed by atoms with Crippen LogP contribution in [0, 0.1) is 0 Å². The highest BCUT2D eigenvalue weighted by molar-refractivity contribution is 9.08. The van der Waals surface area contributed by atoms with Crippen molar-refractivity contribution in [3.8, 4) is 5.75 Å². The molecule has 0 N–H and O–H groups in total. The number of rotatable bonds is 6. The van der Waals surface area contributed by atoms with E-state index in [0.29, 0.717) is 0 Å². The summed E-state index contributed by atoms with van der Waals surface area (Å²) in [6, 6.07) is 6.30. The lowest BCUT2D eigenvalue weighted by atomic mass is 10.1. The quantitative estimate of drug-likeness (QED) is 0.743. The Labute approximate surface area is 107 Å². The molecule has 0 fully saturated rings. The number of benzene rings is 1. The van der Waals surface area contributed by atoms with Crippen LogP contribution < -0.4 is 4.74 Å². The third kappa shape index (κ3) is 3.49. The Morgan fingerprint density at radius 1 is 1.19 bits per heavy atom. The molecule has 0 atom stereocenters. The van der Waals surface area contributed by atoms with Gasteiger partial charge in [-0.05, 0) is 36.3 Å². The van der Waals surface area contributed by atoms with Gasteiger partial charge in [-0.15, -0.1) is 0 Å². The molecule has 0 saturated heterocycles. The van der Waals surface area contributed by atoms with Crippen molar-refractivity contribution in [1.29, 1.82) is 0 Å². The van der Waals surface area contributed by atoms with E-state index in [-0.39, 0.29) is 0 Å². The van der Waals surface area contributed by atoms with Gasteiger partial charge in [0.15, 0.2) is 0 Å². The van der Waals surface area contributed by atoms with Crippen molar-refractivity contribution in [1.82, 2.24) is 4.90 Å². The van der Waals surface area contributed by atoms with Crippen molar-refractivity contribution in [2.24, 2.45) is 0 Å². The SMILES string of the molecule is CCN(CC)Cc1ccc(OC)cc1CBr. The number of ether oxygens (including phenoxy) is 1. The van der Waals surface area contributed by atoms with Crippen LogP contribution >= 0.6 is 15.9 Å². The maximum atomic E-state index is 5.23. The van der Waals surface area contributed by atoms with Crippen LogP contribution in [-0.2, 0) is 11.9 Å². The van der Waals surface area contributed by atoms with Crippen molar-refractivity contribution < 1.29 is 4.74 Å². The Kier molecular flexibility index (Phi) is 5.85. The Morgan fingerprint density at radius 2 is 1.88 bits per heavy atom. The fraction of sp³-hybridized carbons (Fsp3) is 0.538. The van der Waals surface area contributed by atoms with Crippen molar-refractivity contribution >= 4 is 15.9 Å². The maximum absolute atomic E-state index is 5.23. The Bertz CT molecular complexity index is 324. The second-order valence-electron chi connectivity index (χ2n) is 3.73. The molecule has 0 aliphatic rings. The van der Waals surface area contributed by atoms with Gasteiger partial charge in [-0.1, -0.05) is 35.8 Å². The molecule has 0 aliphatic heterocycles. The van der Waals surface area contributed by atoms with E-state index < -0.39 is 0 Å². The van der Waals surface area contributed by atoms with E-state index in [1.807, 2.05) is 6.07 Å². The minimum Gasteiger partial charge on any atom is -0.497 e. The Hall–Kier alpha value is -0.540. The fourth-order valence-electron chi connectivity index (χ4n) is 1.70. The average molecular weight is 286 g/mol. The molecule has 0 heterocycles. The summed E-state index contributed by atoms with van der Waals surface area (Å²) in [7, 11) is 1.71. The Balaban J connectivity index is 2.86. The highest BCUT2D eigenvalue weighted by Crippen LogP contribution is 2.21. The maximum Gasteiger partial charge on any atom is 0.119 e. The predicted molar refractivity (Wildman–Crippen MR) is 72.3 cm³/mol. The van der Waals surface area contributed by atoms with Crippen LogP contribution in [-0.4, -0.2) is 25.1 Å². The first-order valence-electron chi connectivity index (χ1n) is 5.69. The van der Waals surface area contributed by atoms with Gasteiger partial charge >= 0.3 is 0 Å². The number of hydrogen-bond acceptors (Lipinski definition) is 2. The molecular formula is C13H20BrNO. The lowest BCUT2D eigenvalue weighted by Gasteiger charge is -2.20. The predicted octanol–water partition coefficient (Wildman–Crippen LogP) is 3.43. The van der Waals surface area contributed by atoms with Gasteiger partial charge in [-0.25, -0.2) is 0 Å². The molecule has 1 aromatic carbocycles. The fourth-order valence-corrected chi connectivity index (χ4v) is 2.22. The summed E-state index contributed by atoms with van der Waals surface area (Å²) in [5, 5.41) is 0.876. The molecule has 0 aliphatic carbocycles. The molecule has 2 nitrogen and oxygen atoms in total. The normalized spacial score (nSPS) is 10.8. The minimum absolute atomic E-state index is 0.876. The largest absolute Gasteiger partial charge is 0.497 e. The number of halogens is 1. The highest BCUT2D eigenvalue weighted by Gasteiger charge is 2.07. The van der Waals surface area contributed by atoms with Gasteiger partial charge in [0.25, 0.3) is 0 Å². The van der Waals surface area contributed by atoms with Crippen LogP contribution in [0.15, 0.2) is 18.2 Å². The topological polar surface area (TPSA) is 12.5 Å². The molecule has 90 valence electrons. The van der Waals surface area contributed by atoms with Crippen molar-refractivity contribution in [2.75, 3.05) is 20.2 Å². The van der Waals surface area contributed by atoms with Crippen LogP contribution in [0.3, 0.4) is 0 Å². The average Bonchev–Trinajstić information content (AvgIpc) is 2.35. The Morgan fingerprint density at radius 3 is 2.38 bits per heavy atom. The molecule has 16 heavy (non-hydrogen) atoms. The zero-order chi connectivity index (χ0) is 12.0. The molecule has 0 unspecified atom stereocenters. The van der Waals surface area contributed by atoms with E-state index in [9.17, 15) is 0 Å². The van der Waals surface area contributed by atoms with E-state index >= 15 is 0 Å². The van der Waals surface area contributed by atoms with Crippen molar-refractivity contribution in [3.05, 3.63) is 29.3 Å². The molecule has 0 spiro atoms. The van der Waals surface area contributed by atoms with Crippen LogP contribution in [0.2, 0.25) is 0 Å². The molecule has 0 bridgehead atoms. The van der Waals surface area contributed by atoms with Crippen LogP contribution in [0.5, 0.6) is 5.75 Å². The second kappa shape index (κ2) is 6.92. The monoisotopic (exact) mass is 285 g/mol. The van der Waals surface area contributed by atoms with E-state index in [1.54, 1.807) is 7.11 Å². The van der Waals surface area contributed by atoms with Crippen LogP contribution in [0.4, 0.5) is 0 Å². The smallest absolute Gasteiger partial charge is 0.119 e. The third-order valence-corrected chi connectivity index (χ3v) is 3.45. The van der Waals surface area contributed by atoms with Gasteiger partial charge in [0.05, 0.1) is 7.11 Å². The highest BCUT2D eigenvalue weighted by atomic mass is 79.9. The van der Waals surface area contributed by atoms with E-state index in [4.69, 9.17) is 4.74 Å². The molecular weight excluding hydrogens is 266 g/mol. The molecule has 0 saturated carbocycles. The lowest BCUT2D eigenvalue weighted by molar-refractivity contribution is 0.295. The van der Waals surface area contributed by atoms with Crippen LogP contribution in [0.1, 0.15) is 25.0 Å². The zero-order valence-corrected chi connectivity index (χ0v) is 11.9. The first kappa shape index (κ1) is 13.5. The van der Waals surface area contributed by atoms with Crippen molar-refractivity contribution in [2.45, 2.75) is 25.7 Å². The minimum atomic E-state index is 0.876. The molecule has 0 aromatic heterocycles. The first-order chi connectivity index (χ1) is 7.74. The first-order valence-corrected chi connectivity index (χ1v) is 6.81. The summed E-state index contributed by atoms with van der Waals surface area (Å²) in [5.41, 5.74) is 2.69. The second-order valence-corrected chi connectivity index (χ2v) is 4.29. The van der Waals surface area contributed by atoms with Gasteiger partial charge in [0.2, 0.25) is 0 Å². The molecule has 3 heteroatoms. The van der Waals surface area contributed by atoms with Gasteiger partial charge in [0.1, 0.15) is 5.75 Å². The molecule has 0 amide bonds. The third-order valence-electron chi connectivity index (χ3n) is 2.85. The summed E-state index contributed by atoms with van der Waals surface area (Å²) < 4.78 is 5.23. The lowest BCUT2D eigenvalue weighted by Crippen LogP contribution is -2.22. The molecule has 1 rings (SSSR count). The summed E-state index contributed by atoms with van der Waals surface area (Å²) >= 11 is 3.53. The summed E-state index contributed by atoms with van der Waals surface area (Å²) in [6.07, 6.45) is 0.